The maximum atomic E-state index is 12.5. The Kier molecular flexibility index (Phi) is 9.78. The van der Waals surface area contributed by atoms with Crippen LogP contribution in [0.15, 0.2) is 54.6 Å². The number of nitrogens with one attached hydrogen (secondary N) is 1. The highest BCUT2D eigenvalue weighted by atomic mass is 35.5. The van der Waals surface area contributed by atoms with E-state index in [9.17, 15) is 4.79 Å². The van der Waals surface area contributed by atoms with Crippen molar-refractivity contribution in [3.63, 3.8) is 0 Å². The number of halogens is 4. The van der Waals surface area contributed by atoms with Crippen LogP contribution in [-0.4, -0.2) is 19.1 Å². The molecule has 3 aromatic carbocycles. The first kappa shape index (κ1) is 26.5. The zero-order valence-electron chi connectivity index (χ0n) is 18.8. The van der Waals surface area contributed by atoms with E-state index >= 15 is 0 Å². The minimum atomic E-state index is -0.206. The predicted molar refractivity (Wildman–Crippen MR) is 140 cm³/mol. The molecular weight excluding hydrogens is 516 g/mol. The molecule has 0 aliphatic rings. The van der Waals surface area contributed by atoms with Crippen molar-refractivity contribution in [2.75, 3.05) is 13.2 Å². The SMILES string of the molecule is Cc1cc(Cl)c(OCCOc2ccc(CC(C)C(=O)NCc3cccc(Cl)c3Cl)cc2)c(Cl)c1. The largest absolute Gasteiger partial charge is 0.490 e. The summed E-state index contributed by atoms with van der Waals surface area (Å²) in [5, 5.41) is 4.80. The van der Waals surface area contributed by atoms with E-state index in [4.69, 9.17) is 55.9 Å². The van der Waals surface area contributed by atoms with Crippen LogP contribution in [0.4, 0.5) is 0 Å². The second-order valence-corrected chi connectivity index (χ2v) is 9.53. The molecule has 0 fully saturated rings. The highest BCUT2D eigenvalue weighted by Gasteiger charge is 2.15. The number of ether oxygens (including phenoxy) is 2. The number of hydrogen-bond donors (Lipinski definition) is 1. The summed E-state index contributed by atoms with van der Waals surface area (Å²) in [6, 6.07) is 16.6. The van der Waals surface area contributed by atoms with Gasteiger partial charge in [0.05, 0.1) is 20.1 Å². The standard InChI is InChI=1S/C26H25Cl4NO3/c1-16-12-22(28)25(23(29)13-16)34-11-10-33-20-8-6-18(7-9-20)14-17(2)26(32)31-15-19-4-3-5-21(27)24(19)30/h3-9,12-13,17H,10-11,14-15H2,1-2H3,(H,31,32). The first-order chi connectivity index (χ1) is 16.2. The van der Waals surface area contributed by atoms with Crippen molar-refractivity contribution in [1.29, 1.82) is 0 Å². The Labute approximate surface area is 220 Å². The molecule has 0 saturated carbocycles. The highest BCUT2D eigenvalue weighted by Crippen LogP contribution is 2.34. The van der Waals surface area contributed by atoms with Gasteiger partial charge in [0.15, 0.2) is 5.75 Å². The highest BCUT2D eigenvalue weighted by molar-refractivity contribution is 6.42. The molecule has 4 nitrogen and oxygen atoms in total. The molecule has 0 bridgehead atoms. The van der Waals surface area contributed by atoms with Gasteiger partial charge in [-0.05, 0) is 60.4 Å². The molecular formula is C26H25Cl4NO3. The van der Waals surface area contributed by atoms with Crippen LogP contribution in [0.25, 0.3) is 0 Å². The first-order valence-electron chi connectivity index (χ1n) is 10.8. The summed E-state index contributed by atoms with van der Waals surface area (Å²) in [6.45, 7) is 4.77. The molecule has 8 heteroatoms. The monoisotopic (exact) mass is 539 g/mol. The fourth-order valence-corrected chi connectivity index (χ4v) is 4.43. The molecule has 0 aromatic heterocycles. The van der Waals surface area contributed by atoms with Crippen LogP contribution in [0.2, 0.25) is 20.1 Å². The topological polar surface area (TPSA) is 47.6 Å². The maximum Gasteiger partial charge on any atom is 0.223 e. The van der Waals surface area contributed by atoms with Crippen molar-refractivity contribution in [3.05, 3.63) is 91.4 Å². The number of amides is 1. The lowest BCUT2D eigenvalue weighted by Crippen LogP contribution is -2.30. The summed E-state index contributed by atoms with van der Waals surface area (Å²) in [6.07, 6.45) is 0.600. The number of benzene rings is 3. The number of carbonyl (C=O) groups excluding carboxylic acids is 1. The molecule has 0 aliphatic heterocycles. The van der Waals surface area contributed by atoms with Crippen LogP contribution in [0.1, 0.15) is 23.6 Å². The minimum Gasteiger partial charge on any atom is -0.490 e. The van der Waals surface area contributed by atoms with Gasteiger partial charge in [-0.25, -0.2) is 0 Å². The molecule has 1 unspecified atom stereocenters. The van der Waals surface area contributed by atoms with Gasteiger partial charge in [-0.15, -0.1) is 0 Å². The molecule has 0 radical (unpaired) electrons. The van der Waals surface area contributed by atoms with Gasteiger partial charge < -0.3 is 14.8 Å². The lowest BCUT2D eigenvalue weighted by molar-refractivity contribution is -0.124. The van der Waals surface area contributed by atoms with Gasteiger partial charge in [0.1, 0.15) is 19.0 Å². The molecule has 34 heavy (non-hydrogen) atoms. The van der Waals surface area contributed by atoms with Crippen molar-refractivity contribution in [2.24, 2.45) is 5.92 Å². The van der Waals surface area contributed by atoms with Crippen LogP contribution in [0.3, 0.4) is 0 Å². The van der Waals surface area contributed by atoms with E-state index in [1.807, 2.05) is 50.2 Å². The van der Waals surface area contributed by atoms with Crippen LogP contribution in [0, 0.1) is 12.8 Å². The zero-order chi connectivity index (χ0) is 24.7. The third-order valence-electron chi connectivity index (χ3n) is 5.14. The molecule has 3 rings (SSSR count). The normalized spacial score (nSPS) is 11.7. The van der Waals surface area contributed by atoms with E-state index in [1.165, 1.54) is 0 Å². The number of carbonyl (C=O) groups is 1. The van der Waals surface area contributed by atoms with Gasteiger partial charge >= 0.3 is 0 Å². The fraction of sp³-hybridized carbons (Fsp3) is 0.269. The van der Waals surface area contributed by atoms with Crippen LogP contribution < -0.4 is 14.8 Å². The molecule has 180 valence electrons. The third kappa shape index (κ3) is 7.44. The van der Waals surface area contributed by atoms with Crippen molar-refractivity contribution in [3.8, 4) is 11.5 Å². The number of aryl methyl sites for hydroxylation is 1. The van der Waals surface area contributed by atoms with Gasteiger partial charge in [-0.2, -0.15) is 0 Å². The van der Waals surface area contributed by atoms with Gasteiger partial charge in [-0.3, -0.25) is 4.79 Å². The molecule has 0 heterocycles. The van der Waals surface area contributed by atoms with E-state index < -0.39 is 0 Å². The predicted octanol–water partition coefficient (Wildman–Crippen LogP) is 7.56. The average Bonchev–Trinajstić information content (AvgIpc) is 2.79. The molecule has 1 amide bonds. The Morgan fingerprint density at radius 3 is 2.24 bits per heavy atom. The van der Waals surface area contributed by atoms with Crippen molar-refractivity contribution < 1.29 is 14.3 Å². The quantitative estimate of drug-likeness (QED) is 0.270. The molecule has 0 aliphatic carbocycles. The lowest BCUT2D eigenvalue weighted by atomic mass is 10.00. The van der Waals surface area contributed by atoms with Crippen LogP contribution in [0.5, 0.6) is 11.5 Å². The Hall–Kier alpha value is -2.11. The molecule has 1 atom stereocenters. The Bertz CT molecular complexity index is 1110. The van der Waals surface area contributed by atoms with Crippen molar-refractivity contribution >= 4 is 52.3 Å². The summed E-state index contributed by atoms with van der Waals surface area (Å²) in [4.78, 5) is 12.5. The van der Waals surface area contributed by atoms with E-state index in [1.54, 1.807) is 18.2 Å². The van der Waals surface area contributed by atoms with E-state index in [2.05, 4.69) is 5.32 Å². The summed E-state index contributed by atoms with van der Waals surface area (Å²) >= 11 is 24.6. The van der Waals surface area contributed by atoms with E-state index in [0.29, 0.717) is 57.8 Å². The molecule has 0 spiro atoms. The van der Waals surface area contributed by atoms with E-state index in [0.717, 1.165) is 16.7 Å². The van der Waals surface area contributed by atoms with Crippen LogP contribution in [-0.2, 0) is 17.8 Å². The second-order valence-electron chi connectivity index (χ2n) is 7.93. The van der Waals surface area contributed by atoms with Crippen molar-refractivity contribution in [2.45, 2.75) is 26.8 Å². The Balaban J connectivity index is 1.43. The molecule has 0 saturated heterocycles. The first-order valence-corrected chi connectivity index (χ1v) is 12.3. The van der Waals surface area contributed by atoms with Crippen molar-refractivity contribution in [1.82, 2.24) is 5.32 Å². The summed E-state index contributed by atoms with van der Waals surface area (Å²) in [5.74, 6) is 0.906. The number of hydrogen-bond acceptors (Lipinski definition) is 3. The summed E-state index contributed by atoms with van der Waals surface area (Å²) in [5.41, 5.74) is 2.79. The zero-order valence-corrected chi connectivity index (χ0v) is 21.9. The third-order valence-corrected chi connectivity index (χ3v) is 6.56. The summed E-state index contributed by atoms with van der Waals surface area (Å²) in [7, 11) is 0. The minimum absolute atomic E-state index is 0.0538. The number of rotatable bonds is 10. The molecule has 1 N–H and O–H groups in total. The average molecular weight is 541 g/mol. The van der Waals surface area contributed by atoms with Gasteiger partial charge in [0.25, 0.3) is 0 Å². The summed E-state index contributed by atoms with van der Waals surface area (Å²) < 4.78 is 11.4. The Morgan fingerprint density at radius 2 is 1.56 bits per heavy atom. The smallest absolute Gasteiger partial charge is 0.223 e. The fourth-order valence-electron chi connectivity index (χ4n) is 3.34. The van der Waals surface area contributed by atoms with Crippen LogP contribution >= 0.6 is 46.4 Å². The van der Waals surface area contributed by atoms with Gasteiger partial charge in [-0.1, -0.05) is 77.6 Å². The maximum absolute atomic E-state index is 12.5. The Morgan fingerprint density at radius 1 is 0.912 bits per heavy atom. The van der Waals surface area contributed by atoms with E-state index in [-0.39, 0.29) is 11.8 Å². The lowest BCUT2D eigenvalue weighted by Gasteiger charge is -2.14. The molecule has 3 aromatic rings. The van der Waals surface area contributed by atoms with Gasteiger partial charge in [0.2, 0.25) is 5.91 Å². The second kappa shape index (κ2) is 12.6. The van der Waals surface area contributed by atoms with Gasteiger partial charge in [0, 0.05) is 12.5 Å².